The summed E-state index contributed by atoms with van der Waals surface area (Å²) >= 11 is 3.43. The third-order valence-electron chi connectivity index (χ3n) is 3.32. The van der Waals surface area contributed by atoms with Crippen molar-refractivity contribution >= 4 is 21.9 Å². The first-order chi connectivity index (χ1) is 10.1. The van der Waals surface area contributed by atoms with E-state index in [1.165, 1.54) is 0 Å². The van der Waals surface area contributed by atoms with Gasteiger partial charge in [-0.2, -0.15) is 0 Å². The van der Waals surface area contributed by atoms with Crippen LogP contribution in [0.1, 0.15) is 12.1 Å². The topological polar surface area (TPSA) is 54.3 Å². The number of nitrogens with zero attached hydrogens (tertiary/aromatic N) is 1. The molecular formula is C16H17BrNO3-. The van der Waals surface area contributed by atoms with Crippen molar-refractivity contribution in [2.45, 2.75) is 19.4 Å². The standard InChI is InChI=1S/C16H18BrNO3/c1-21-11-10-18-14(7-9-16(19)20)6-8-15(18)12-2-4-13(17)5-3-12/h2-6,8H,7,9-11H2,1H3,(H,19,20)/p-1. The average Bonchev–Trinajstić information content (AvgIpc) is 2.86. The molecule has 0 amide bonds. The van der Waals surface area contributed by atoms with E-state index < -0.39 is 5.97 Å². The second-order valence-corrected chi connectivity index (χ2v) is 5.65. The number of hydrogen-bond acceptors (Lipinski definition) is 3. The first kappa shape index (κ1) is 15.8. The number of carbonyl (C=O) groups is 1. The van der Waals surface area contributed by atoms with Gasteiger partial charge in [0.15, 0.2) is 0 Å². The molecule has 1 aromatic heterocycles. The quantitative estimate of drug-likeness (QED) is 0.769. The third kappa shape index (κ3) is 4.19. The summed E-state index contributed by atoms with van der Waals surface area (Å²) in [6.07, 6.45) is 0.485. The number of ether oxygens (including phenoxy) is 1. The lowest BCUT2D eigenvalue weighted by Crippen LogP contribution is -2.23. The minimum absolute atomic E-state index is 0.0246. The minimum Gasteiger partial charge on any atom is -0.550 e. The number of aromatic nitrogens is 1. The van der Waals surface area contributed by atoms with Gasteiger partial charge in [0.1, 0.15) is 0 Å². The lowest BCUT2D eigenvalue weighted by molar-refractivity contribution is -0.305. The van der Waals surface area contributed by atoms with Crippen molar-refractivity contribution in [2.75, 3.05) is 13.7 Å². The maximum absolute atomic E-state index is 10.7. The number of rotatable bonds is 7. The van der Waals surface area contributed by atoms with E-state index in [1.807, 2.05) is 36.4 Å². The predicted molar refractivity (Wildman–Crippen MR) is 82.8 cm³/mol. The number of aryl methyl sites for hydroxylation is 1. The zero-order valence-electron chi connectivity index (χ0n) is 11.8. The maximum Gasteiger partial charge on any atom is 0.0642 e. The number of aliphatic carboxylic acids is 1. The number of benzene rings is 1. The Morgan fingerprint density at radius 3 is 2.57 bits per heavy atom. The molecule has 0 N–H and O–H groups in total. The second-order valence-electron chi connectivity index (χ2n) is 4.73. The van der Waals surface area contributed by atoms with E-state index in [0.29, 0.717) is 19.6 Å². The largest absolute Gasteiger partial charge is 0.550 e. The highest BCUT2D eigenvalue weighted by Crippen LogP contribution is 2.25. The third-order valence-corrected chi connectivity index (χ3v) is 3.84. The van der Waals surface area contributed by atoms with Gasteiger partial charge in [-0.1, -0.05) is 28.1 Å². The van der Waals surface area contributed by atoms with Gasteiger partial charge in [0, 0.05) is 35.5 Å². The van der Waals surface area contributed by atoms with Gasteiger partial charge in [0.25, 0.3) is 0 Å². The highest BCUT2D eigenvalue weighted by molar-refractivity contribution is 9.10. The Labute approximate surface area is 132 Å². The van der Waals surface area contributed by atoms with Crippen molar-refractivity contribution < 1.29 is 14.6 Å². The molecule has 0 aliphatic heterocycles. The van der Waals surface area contributed by atoms with Crippen LogP contribution in [-0.4, -0.2) is 24.3 Å². The smallest absolute Gasteiger partial charge is 0.0642 e. The van der Waals surface area contributed by atoms with Crippen LogP contribution in [0.25, 0.3) is 11.3 Å². The summed E-state index contributed by atoms with van der Waals surface area (Å²) in [6, 6.07) is 12.0. The van der Waals surface area contributed by atoms with E-state index in [0.717, 1.165) is 21.4 Å². The summed E-state index contributed by atoms with van der Waals surface area (Å²) in [5.41, 5.74) is 3.14. The van der Waals surface area contributed by atoms with Crippen LogP contribution in [0.4, 0.5) is 0 Å². The summed E-state index contributed by atoms with van der Waals surface area (Å²) in [5.74, 6) is -1.03. The van der Waals surface area contributed by atoms with E-state index in [2.05, 4.69) is 20.5 Å². The normalized spacial score (nSPS) is 10.8. The fourth-order valence-corrected chi connectivity index (χ4v) is 2.54. The first-order valence-electron chi connectivity index (χ1n) is 6.75. The molecule has 0 saturated heterocycles. The lowest BCUT2D eigenvalue weighted by atomic mass is 10.1. The number of carbonyl (C=O) groups excluding carboxylic acids is 1. The van der Waals surface area contributed by atoms with Gasteiger partial charge >= 0.3 is 0 Å². The molecule has 1 heterocycles. The van der Waals surface area contributed by atoms with Crippen molar-refractivity contribution in [3.05, 3.63) is 46.6 Å². The summed E-state index contributed by atoms with van der Waals surface area (Å²) in [7, 11) is 1.66. The van der Waals surface area contributed by atoms with Gasteiger partial charge in [-0.25, -0.2) is 0 Å². The molecule has 1 aromatic carbocycles. The fraction of sp³-hybridized carbons (Fsp3) is 0.312. The van der Waals surface area contributed by atoms with Gasteiger partial charge in [0.2, 0.25) is 0 Å². The maximum atomic E-state index is 10.7. The number of halogens is 1. The van der Waals surface area contributed by atoms with Gasteiger partial charge in [-0.15, -0.1) is 0 Å². The Hall–Kier alpha value is -1.59. The van der Waals surface area contributed by atoms with E-state index in [-0.39, 0.29) is 6.42 Å². The fourth-order valence-electron chi connectivity index (χ4n) is 2.28. The molecule has 5 heteroatoms. The molecule has 0 saturated carbocycles. The molecule has 0 atom stereocenters. The summed E-state index contributed by atoms with van der Waals surface area (Å²) in [4.78, 5) is 10.7. The zero-order chi connectivity index (χ0) is 15.2. The molecule has 2 aromatic rings. The Bertz CT molecular complexity index is 604. The zero-order valence-corrected chi connectivity index (χ0v) is 13.4. The Kier molecular flexibility index (Phi) is 5.59. The average molecular weight is 351 g/mol. The lowest BCUT2D eigenvalue weighted by Gasteiger charge is -2.14. The van der Waals surface area contributed by atoms with Crippen molar-refractivity contribution in [3.63, 3.8) is 0 Å². The predicted octanol–water partition coefficient (Wildman–Crippen LogP) is 2.25. The highest BCUT2D eigenvalue weighted by Gasteiger charge is 2.10. The van der Waals surface area contributed by atoms with Crippen LogP contribution in [0.3, 0.4) is 0 Å². The van der Waals surface area contributed by atoms with Crippen LogP contribution in [0.5, 0.6) is 0 Å². The molecule has 21 heavy (non-hydrogen) atoms. The van der Waals surface area contributed by atoms with Crippen molar-refractivity contribution in [3.8, 4) is 11.3 Å². The monoisotopic (exact) mass is 350 g/mol. The summed E-state index contributed by atoms with van der Waals surface area (Å²) in [5, 5.41) is 10.7. The molecule has 0 unspecified atom stereocenters. The Morgan fingerprint density at radius 1 is 1.24 bits per heavy atom. The van der Waals surface area contributed by atoms with Crippen LogP contribution in [0, 0.1) is 0 Å². The molecule has 0 radical (unpaired) electrons. The summed E-state index contributed by atoms with van der Waals surface area (Å²) in [6.45, 7) is 1.27. The van der Waals surface area contributed by atoms with Gasteiger partial charge in [0.05, 0.1) is 6.61 Å². The molecule has 2 rings (SSSR count). The SMILES string of the molecule is COCCn1c(CCC(=O)[O-])ccc1-c1ccc(Br)cc1. The molecule has 0 aliphatic carbocycles. The molecule has 0 fully saturated rings. The first-order valence-corrected chi connectivity index (χ1v) is 7.54. The highest BCUT2D eigenvalue weighted by atomic mass is 79.9. The van der Waals surface area contributed by atoms with Crippen molar-refractivity contribution in [1.82, 2.24) is 4.57 Å². The van der Waals surface area contributed by atoms with E-state index in [4.69, 9.17) is 4.74 Å². The molecule has 0 spiro atoms. The van der Waals surface area contributed by atoms with Crippen LogP contribution in [0.2, 0.25) is 0 Å². The van der Waals surface area contributed by atoms with E-state index in [1.54, 1.807) is 7.11 Å². The van der Waals surface area contributed by atoms with Crippen molar-refractivity contribution in [2.24, 2.45) is 0 Å². The van der Waals surface area contributed by atoms with E-state index in [9.17, 15) is 9.90 Å². The van der Waals surface area contributed by atoms with Crippen LogP contribution >= 0.6 is 15.9 Å². The van der Waals surface area contributed by atoms with Crippen LogP contribution < -0.4 is 5.11 Å². The molecule has 112 valence electrons. The number of methoxy groups -OCH3 is 1. The molecule has 0 bridgehead atoms. The summed E-state index contributed by atoms with van der Waals surface area (Å²) < 4.78 is 8.28. The molecule has 4 nitrogen and oxygen atoms in total. The second kappa shape index (κ2) is 7.43. The number of carboxylic acids is 1. The molecular weight excluding hydrogens is 334 g/mol. The Balaban J connectivity index is 2.31. The Morgan fingerprint density at radius 2 is 1.95 bits per heavy atom. The van der Waals surface area contributed by atoms with Gasteiger partial charge < -0.3 is 19.2 Å². The number of hydrogen-bond donors (Lipinski definition) is 0. The molecule has 0 aliphatic rings. The van der Waals surface area contributed by atoms with Gasteiger partial charge in [-0.3, -0.25) is 0 Å². The van der Waals surface area contributed by atoms with Crippen molar-refractivity contribution in [1.29, 1.82) is 0 Å². The van der Waals surface area contributed by atoms with E-state index >= 15 is 0 Å². The minimum atomic E-state index is -1.03. The van der Waals surface area contributed by atoms with Crippen LogP contribution in [-0.2, 0) is 22.5 Å². The van der Waals surface area contributed by atoms with Crippen LogP contribution in [0.15, 0.2) is 40.9 Å². The number of carboxylic acid groups (broad SMARTS) is 1. The van der Waals surface area contributed by atoms with Gasteiger partial charge in [-0.05, 0) is 42.7 Å².